The maximum absolute atomic E-state index is 11.9. The molecular weight excluding hydrogens is 292 g/mol. The zero-order chi connectivity index (χ0) is 16.1. The second-order valence-electron chi connectivity index (χ2n) is 5.29. The lowest BCUT2D eigenvalue weighted by atomic mass is 10.0. The van der Waals surface area contributed by atoms with Crippen LogP contribution in [0.3, 0.4) is 0 Å². The first-order valence-corrected chi connectivity index (χ1v) is 7.49. The van der Waals surface area contributed by atoms with Gasteiger partial charge in [-0.15, -0.1) is 0 Å². The number of hydrogen-bond acceptors (Lipinski definition) is 4. The number of ether oxygens (including phenoxy) is 2. The molecule has 0 unspecified atom stereocenters. The number of fused-ring (bicyclic) bond motifs is 1. The summed E-state index contributed by atoms with van der Waals surface area (Å²) in [5.41, 5.74) is 5.36. The molecule has 5 nitrogen and oxygen atoms in total. The highest BCUT2D eigenvalue weighted by Gasteiger charge is 2.16. The first-order valence-electron chi connectivity index (χ1n) is 7.49. The molecule has 1 heterocycles. The lowest BCUT2D eigenvalue weighted by Gasteiger charge is -2.18. The third kappa shape index (κ3) is 3.88. The van der Waals surface area contributed by atoms with Crippen molar-refractivity contribution in [1.29, 1.82) is 0 Å². The summed E-state index contributed by atoms with van der Waals surface area (Å²) in [5.74, 6) is 1.18. The van der Waals surface area contributed by atoms with Gasteiger partial charge in [0, 0.05) is 12.0 Å². The van der Waals surface area contributed by atoms with Crippen LogP contribution in [-0.4, -0.2) is 24.8 Å². The summed E-state index contributed by atoms with van der Waals surface area (Å²) in [6, 6.07) is 15.2. The minimum absolute atomic E-state index is 0.0711. The Morgan fingerprint density at radius 1 is 1.26 bits per heavy atom. The molecule has 23 heavy (non-hydrogen) atoms. The Bertz CT molecular complexity index is 741. The van der Waals surface area contributed by atoms with Crippen LogP contribution in [0.1, 0.15) is 17.5 Å². The van der Waals surface area contributed by atoms with E-state index in [4.69, 9.17) is 9.47 Å². The standard InChI is InChI=1S/C18H18N2O3/c1-13-5-4-6-14(11-13)23-12-18(21)20-19-16-9-10-22-17-8-3-2-7-15(16)17/h2-8,11H,9-10,12H2,1H3,(H,20,21)/b19-16+. The molecule has 0 atom stereocenters. The number of benzene rings is 2. The van der Waals surface area contributed by atoms with Crippen molar-refractivity contribution in [1.82, 2.24) is 5.43 Å². The van der Waals surface area contributed by atoms with Crippen LogP contribution in [0.4, 0.5) is 0 Å². The Kier molecular flexibility index (Phi) is 4.57. The molecule has 3 rings (SSSR count). The second-order valence-corrected chi connectivity index (χ2v) is 5.29. The molecule has 1 aliphatic heterocycles. The molecule has 0 spiro atoms. The molecule has 5 heteroatoms. The molecule has 0 radical (unpaired) electrons. The highest BCUT2D eigenvalue weighted by atomic mass is 16.5. The fraction of sp³-hybridized carbons (Fsp3) is 0.222. The molecule has 0 fully saturated rings. The van der Waals surface area contributed by atoms with Gasteiger partial charge in [0.05, 0.1) is 12.3 Å². The fourth-order valence-electron chi connectivity index (χ4n) is 2.36. The average molecular weight is 310 g/mol. The SMILES string of the molecule is Cc1cccc(OCC(=O)N/N=C2\CCOc3ccccc32)c1. The molecule has 0 saturated carbocycles. The van der Waals surface area contributed by atoms with Crippen molar-refractivity contribution >= 4 is 11.6 Å². The van der Waals surface area contributed by atoms with Crippen molar-refractivity contribution < 1.29 is 14.3 Å². The Hall–Kier alpha value is -2.82. The maximum Gasteiger partial charge on any atom is 0.277 e. The molecule has 118 valence electrons. The van der Waals surface area contributed by atoms with E-state index >= 15 is 0 Å². The molecule has 2 aromatic carbocycles. The zero-order valence-corrected chi connectivity index (χ0v) is 12.9. The van der Waals surface area contributed by atoms with E-state index in [1.54, 1.807) is 0 Å². The van der Waals surface area contributed by atoms with Gasteiger partial charge in [-0.05, 0) is 36.8 Å². The number of aryl methyl sites for hydroxylation is 1. The van der Waals surface area contributed by atoms with Crippen LogP contribution in [-0.2, 0) is 4.79 Å². The molecule has 1 N–H and O–H groups in total. The number of hydrogen-bond donors (Lipinski definition) is 1. The van der Waals surface area contributed by atoms with Crippen LogP contribution in [0.2, 0.25) is 0 Å². The number of hydrazone groups is 1. The van der Waals surface area contributed by atoms with Crippen LogP contribution in [0.25, 0.3) is 0 Å². The van der Waals surface area contributed by atoms with E-state index in [0.29, 0.717) is 18.8 Å². The summed E-state index contributed by atoms with van der Waals surface area (Å²) in [4.78, 5) is 11.9. The van der Waals surface area contributed by atoms with Gasteiger partial charge in [0.1, 0.15) is 11.5 Å². The third-order valence-corrected chi connectivity index (χ3v) is 3.47. The lowest BCUT2D eigenvalue weighted by Crippen LogP contribution is -2.27. The summed E-state index contributed by atoms with van der Waals surface area (Å²) in [6.07, 6.45) is 0.663. The lowest BCUT2D eigenvalue weighted by molar-refractivity contribution is -0.123. The number of amides is 1. The van der Waals surface area contributed by atoms with Gasteiger partial charge in [-0.1, -0.05) is 24.3 Å². The van der Waals surface area contributed by atoms with Crippen molar-refractivity contribution in [2.45, 2.75) is 13.3 Å². The first-order chi connectivity index (χ1) is 11.2. The van der Waals surface area contributed by atoms with Gasteiger partial charge < -0.3 is 9.47 Å². The largest absolute Gasteiger partial charge is 0.492 e. The minimum atomic E-state index is -0.289. The van der Waals surface area contributed by atoms with Gasteiger partial charge in [-0.25, -0.2) is 5.43 Å². The van der Waals surface area contributed by atoms with Crippen molar-refractivity contribution in [3.05, 3.63) is 59.7 Å². The molecule has 0 aromatic heterocycles. The van der Waals surface area contributed by atoms with Crippen LogP contribution >= 0.6 is 0 Å². The summed E-state index contributed by atoms with van der Waals surface area (Å²) < 4.78 is 11.0. The Morgan fingerprint density at radius 3 is 3.00 bits per heavy atom. The highest BCUT2D eigenvalue weighted by molar-refractivity contribution is 6.04. The number of para-hydroxylation sites is 1. The average Bonchev–Trinajstić information content (AvgIpc) is 2.58. The predicted octanol–water partition coefficient (Wildman–Crippen LogP) is 2.68. The Balaban J connectivity index is 1.59. The Labute approximate surface area is 134 Å². The van der Waals surface area contributed by atoms with Gasteiger partial charge in [0.2, 0.25) is 0 Å². The molecule has 0 bridgehead atoms. The summed E-state index contributed by atoms with van der Waals surface area (Å²) in [7, 11) is 0. The predicted molar refractivity (Wildman–Crippen MR) is 87.9 cm³/mol. The number of carbonyl (C=O) groups is 1. The Morgan fingerprint density at radius 2 is 2.13 bits per heavy atom. The van der Waals surface area contributed by atoms with Crippen LogP contribution in [0.5, 0.6) is 11.5 Å². The van der Waals surface area contributed by atoms with E-state index in [1.165, 1.54) is 0 Å². The monoisotopic (exact) mass is 310 g/mol. The summed E-state index contributed by atoms with van der Waals surface area (Å²) in [6.45, 7) is 2.46. The van der Waals surface area contributed by atoms with Gasteiger partial charge in [0.25, 0.3) is 5.91 Å². The smallest absolute Gasteiger partial charge is 0.277 e. The molecule has 1 amide bonds. The number of nitrogens with one attached hydrogen (secondary N) is 1. The van der Waals surface area contributed by atoms with Gasteiger partial charge in [-0.3, -0.25) is 4.79 Å². The summed E-state index contributed by atoms with van der Waals surface area (Å²) in [5, 5.41) is 4.21. The number of rotatable bonds is 4. The van der Waals surface area contributed by atoms with E-state index in [1.807, 2.05) is 55.5 Å². The topological polar surface area (TPSA) is 59.9 Å². The molecular formula is C18H18N2O3. The van der Waals surface area contributed by atoms with E-state index in [2.05, 4.69) is 10.5 Å². The fourth-order valence-corrected chi connectivity index (χ4v) is 2.36. The first kappa shape index (κ1) is 15.1. The van der Waals surface area contributed by atoms with Crippen molar-refractivity contribution in [3.63, 3.8) is 0 Å². The minimum Gasteiger partial charge on any atom is -0.492 e. The third-order valence-electron chi connectivity index (χ3n) is 3.47. The number of nitrogens with zero attached hydrogens (tertiary/aromatic N) is 1. The summed E-state index contributed by atoms with van der Waals surface area (Å²) >= 11 is 0. The normalized spacial score (nSPS) is 14.7. The molecule has 2 aromatic rings. The van der Waals surface area contributed by atoms with Crippen LogP contribution < -0.4 is 14.9 Å². The van der Waals surface area contributed by atoms with E-state index in [0.717, 1.165) is 22.6 Å². The van der Waals surface area contributed by atoms with Crippen molar-refractivity contribution in [2.24, 2.45) is 5.10 Å². The van der Waals surface area contributed by atoms with Gasteiger partial charge >= 0.3 is 0 Å². The van der Waals surface area contributed by atoms with Crippen molar-refractivity contribution in [2.75, 3.05) is 13.2 Å². The molecule has 0 saturated heterocycles. The van der Waals surface area contributed by atoms with E-state index in [-0.39, 0.29) is 12.5 Å². The van der Waals surface area contributed by atoms with Crippen LogP contribution in [0, 0.1) is 6.92 Å². The maximum atomic E-state index is 11.9. The van der Waals surface area contributed by atoms with Gasteiger partial charge in [-0.2, -0.15) is 5.10 Å². The molecule has 0 aliphatic carbocycles. The highest BCUT2D eigenvalue weighted by Crippen LogP contribution is 2.24. The van der Waals surface area contributed by atoms with E-state index in [9.17, 15) is 4.79 Å². The number of carbonyl (C=O) groups excluding carboxylic acids is 1. The zero-order valence-electron chi connectivity index (χ0n) is 12.9. The quantitative estimate of drug-likeness (QED) is 0.883. The second kappa shape index (κ2) is 6.96. The van der Waals surface area contributed by atoms with Crippen LogP contribution in [0.15, 0.2) is 53.6 Å². The molecule has 1 aliphatic rings. The van der Waals surface area contributed by atoms with Crippen molar-refractivity contribution in [3.8, 4) is 11.5 Å². The van der Waals surface area contributed by atoms with Gasteiger partial charge in [0.15, 0.2) is 6.61 Å². The van der Waals surface area contributed by atoms with E-state index < -0.39 is 0 Å².